The third kappa shape index (κ3) is 5.78. The van der Waals surface area contributed by atoms with Gasteiger partial charge in [-0.2, -0.15) is 0 Å². The number of imidazole rings is 1. The summed E-state index contributed by atoms with van der Waals surface area (Å²) in [6.07, 6.45) is 2.93. The van der Waals surface area contributed by atoms with E-state index >= 15 is 0 Å². The number of likely N-dealkylation sites (tertiary alicyclic amines) is 1. The molecule has 2 amide bonds. The van der Waals surface area contributed by atoms with Gasteiger partial charge in [0.25, 0.3) is 17.4 Å². The number of β-amino-alcohol motifs (C(OH)–C–C–N with tert-alkyl or cyclic N) is 1. The zero-order valence-electron chi connectivity index (χ0n) is 24.9. The SMILES string of the molecule is Cc1ccc(OC[C@H](O)CCc2cc[nH]c(=O)c2-c2nc3cc4c(cc3[nH]2)C(=O)N(C2CCN(CCO)CC2)C4=O)c(C)c1. The maximum atomic E-state index is 13.4. The van der Waals surface area contributed by atoms with Gasteiger partial charge in [0.15, 0.2) is 0 Å². The quantitative estimate of drug-likeness (QED) is 0.203. The van der Waals surface area contributed by atoms with Gasteiger partial charge < -0.3 is 29.8 Å². The first kappa shape index (κ1) is 29.7. The summed E-state index contributed by atoms with van der Waals surface area (Å²) in [5.41, 5.74) is 4.53. The van der Waals surface area contributed by atoms with Gasteiger partial charge in [-0.05, 0) is 74.9 Å². The molecule has 4 heterocycles. The zero-order valence-corrected chi connectivity index (χ0v) is 24.9. The molecule has 1 fully saturated rings. The van der Waals surface area contributed by atoms with Crippen LogP contribution in [-0.4, -0.2) is 91.8 Å². The van der Waals surface area contributed by atoms with E-state index in [0.717, 1.165) is 30.0 Å². The van der Waals surface area contributed by atoms with E-state index in [4.69, 9.17) is 4.74 Å². The number of amides is 2. The van der Waals surface area contributed by atoms with Crippen molar-refractivity contribution < 1.29 is 24.5 Å². The largest absolute Gasteiger partial charge is 0.491 e. The molecule has 0 saturated carbocycles. The number of rotatable bonds is 10. The number of ether oxygens (including phenoxy) is 1. The fourth-order valence-electron chi connectivity index (χ4n) is 6.30. The van der Waals surface area contributed by atoms with Gasteiger partial charge in [0.1, 0.15) is 18.2 Å². The first-order valence-electron chi connectivity index (χ1n) is 15.1. The van der Waals surface area contributed by atoms with Crippen LogP contribution in [-0.2, 0) is 6.42 Å². The Labute approximate surface area is 254 Å². The van der Waals surface area contributed by atoms with E-state index in [-0.39, 0.29) is 36.6 Å². The number of aromatic amines is 2. The molecule has 230 valence electrons. The lowest BCUT2D eigenvalue weighted by atomic mass is 10.0. The van der Waals surface area contributed by atoms with E-state index in [1.807, 2.05) is 32.0 Å². The highest BCUT2D eigenvalue weighted by molar-refractivity contribution is 6.23. The van der Waals surface area contributed by atoms with Crippen molar-refractivity contribution in [1.82, 2.24) is 24.8 Å². The van der Waals surface area contributed by atoms with Gasteiger partial charge in [0.2, 0.25) is 0 Å². The number of aromatic nitrogens is 3. The molecular formula is C33H37N5O6. The van der Waals surface area contributed by atoms with Gasteiger partial charge in [-0.1, -0.05) is 17.7 Å². The first-order chi connectivity index (χ1) is 21.2. The van der Waals surface area contributed by atoms with Gasteiger partial charge in [-0.3, -0.25) is 19.3 Å². The van der Waals surface area contributed by atoms with Crippen molar-refractivity contribution in [3.05, 3.63) is 80.8 Å². The van der Waals surface area contributed by atoms with E-state index in [1.165, 1.54) is 4.90 Å². The standard InChI is InChI=1S/C33H37N5O6/c1-19-3-6-28(20(2)15-19)44-18-23(40)5-4-21-7-10-34-31(41)29(21)30-35-26-16-24-25(17-27(26)36-30)33(43)38(32(24)42)22-8-11-37(12-9-22)13-14-39/h3,6-7,10,15-17,22-23,39-40H,4-5,8-9,11-14,18H2,1-2H3,(H,34,41)(H,35,36)/t23-/m1/s1. The summed E-state index contributed by atoms with van der Waals surface area (Å²) in [4.78, 5) is 53.8. The minimum atomic E-state index is -0.747. The molecule has 2 aliphatic rings. The number of H-pyrrole nitrogens is 2. The predicted molar refractivity (Wildman–Crippen MR) is 165 cm³/mol. The molecule has 0 bridgehead atoms. The number of hydrogen-bond donors (Lipinski definition) is 4. The summed E-state index contributed by atoms with van der Waals surface area (Å²) < 4.78 is 5.83. The Hall–Kier alpha value is -4.32. The molecule has 0 unspecified atom stereocenters. The number of carbonyl (C=O) groups excluding carboxylic acids is 2. The number of aliphatic hydroxyl groups is 2. The molecule has 2 aromatic carbocycles. The fourth-order valence-corrected chi connectivity index (χ4v) is 6.30. The molecule has 44 heavy (non-hydrogen) atoms. The maximum Gasteiger partial charge on any atom is 0.261 e. The second kappa shape index (κ2) is 12.4. The van der Waals surface area contributed by atoms with Crippen molar-refractivity contribution in [3.8, 4) is 17.1 Å². The number of nitrogens with one attached hydrogen (secondary N) is 2. The summed E-state index contributed by atoms with van der Waals surface area (Å²) in [6, 6.07) is 10.8. The van der Waals surface area contributed by atoms with Crippen LogP contribution in [0.4, 0.5) is 0 Å². The first-order valence-corrected chi connectivity index (χ1v) is 15.1. The Balaban J connectivity index is 1.18. The topological polar surface area (TPSA) is 152 Å². The Morgan fingerprint density at radius 2 is 1.80 bits per heavy atom. The molecule has 4 aromatic rings. The number of imide groups is 1. The van der Waals surface area contributed by atoms with Gasteiger partial charge in [0, 0.05) is 31.9 Å². The summed E-state index contributed by atoms with van der Waals surface area (Å²) in [5.74, 6) is 0.407. The summed E-state index contributed by atoms with van der Waals surface area (Å²) in [5, 5.41) is 19.9. The van der Waals surface area contributed by atoms with E-state index in [2.05, 4.69) is 19.9 Å². The number of carbonyl (C=O) groups is 2. The van der Waals surface area contributed by atoms with E-state index in [1.54, 1.807) is 24.4 Å². The Kier molecular flexibility index (Phi) is 8.35. The summed E-state index contributed by atoms with van der Waals surface area (Å²) >= 11 is 0. The van der Waals surface area contributed by atoms with Crippen molar-refractivity contribution in [2.45, 2.75) is 51.7 Å². The van der Waals surface area contributed by atoms with Crippen molar-refractivity contribution in [3.63, 3.8) is 0 Å². The zero-order chi connectivity index (χ0) is 31.0. The average molecular weight is 600 g/mol. The molecule has 1 atom stereocenters. The van der Waals surface area contributed by atoms with E-state index in [9.17, 15) is 24.6 Å². The van der Waals surface area contributed by atoms with Crippen molar-refractivity contribution in [2.24, 2.45) is 0 Å². The van der Waals surface area contributed by atoms with Crippen LogP contribution < -0.4 is 10.3 Å². The molecule has 1 saturated heterocycles. The Bertz CT molecular complexity index is 1720. The maximum absolute atomic E-state index is 13.4. The lowest BCUT2D eigenvalue weighted by Gasteiger charge is -2.35. The van der Waals surface area contributed by atoms with E-state index in [0.29, 0.717) is 71.3 Å². The summed E-state index contributed by atoms with van der Waals surface area (Å²) in [6.45, 7) is 6.20. The lowest BCUT2D eigenvalue weighted by Crippen LogP contribution is -2.47. The number of benzene rings is 2. The van der Waals surface area contributed by atoms with Crippen LogP contribution in [0.3, 0.4) is 0 Å². The molecule has 6 rings (SSSR count). The van der Waals surface area contributed by atoms with Crippen LogP contribution in [0.15, 0.2) is 47.4 Å². The highest BCUT2D eigenvalue weighted by Crippen LogP contribution is 2.32. The van der Waals surface area contributed by atoms with E-state index < -0.39 is 6.10 Å². The van der Waals surface area contributed by atoms with Gasteiger partial charge in [-0.15, -0.1) is 0 Å². The average Bonchev–Trinajstić information content (AvgIpc) is 3.52. The van der Waals surface area contributed by atoms with Crippen molar-refractivity contribution in [1.29, 1.82) is 0 Å². The molecular weight excluding hydrogens is 562 g/mol. The predicted octanol–water partition coefficient (Wildman–Crippen LogP) is 2.96. The molecule has 4 N–H and O–H groups in total. The van der Waals surface area contributed by atoms with Crippen LogP contribution in [0.1, 0.15) is 56.7 Å². The Morgan fingerprint density at radius 1 is 1.05 bits per heavy atom. The van der Waals surface area contributed by atoms with Gasteiger partial charge >= 0.3 is 0 Å². The highest BCUT2D eigenvalue weighted by Gasteiger charge is 2.41. The Morgan fingerprint density at radius 3 is 2.52 bits per heavy atom. The molecule has 11 nitrogen and oxygen atoms in total. The number of nitrogens with zero attached hydrogens (tertiary/aromatic N) is 3. The number of aliphatic hydroxyl groups excluding tert-OH is 2. The van der Waals surface area contributed by atoms with Gasteiger partial charge in [0.05, 0.1) is 40.4 Å². The molecule has 2 aliphatic heterocycles. The number of piperidine rings is 1. The van der Waals surface area contributed by atoms with Crippen molar-refractivity contribution in [2.75, 3.05) is 32.8 Å². The second-order valence-electron chi connectivity index (χ2n) is 11.8. The monoisotopic (exact) mass is 599 g/mol. The minimum absolute atomic E-state index is 0.0836. The van der Waals surface area contributed by atoms with Crippen LogP contribution in [0, 0.1) is 13.8 Å². The molecule has 0 spiro atoms. The number of pyridine rings is 1. The van der Waals surface area contributed by atoms with Gasteiger partial charge in [-0.25, -0.2) is 4.98 Å². The van der Waals surface area contributed by atoms with Crippen LogP contribution >= 0.6 is 0 Å². The van der Waals surface area contributed by atoms with Crippen LogP contribution in [0.5, 0.6) is 5.75 Å². The number of hydrogen-bond acceptors (Lipinski definition) is 8. The van der Waals surface area contributed by atoms with Crippen LogP contribution in [0.2, 0.25) is 0 Å². The smallest absolute Gasteiger partial charge is 0.261 e. The molecule has 0 aliphatic carbocycles. The number of aryl methyl sites for hydroxylation is 3. The van der Waals surface area contributed by atoms with Crippen molar-refractivity contribution >= 4 is 22.8 Å². The third-order valence-corrected chi connectivity index (χ3v) is 8.65. The normalized spacial score (nSPS) is 16.6. The fraction of sp³-hybridized carbons (Fsp3) is 0.394. The molecule has 2 aromatic heterocycles. The number of fused-ring (bicyclic) bond motifs is 2. The summed E-state index contributed by atoms with van der Waals surface area (Å²) in [7, 11) is 0. The minimum Gasteiger partial charge on any atom is -0.491 e. The molecule has 11 heteroatoms. The third-order valence-electron chi connectivity index (χ3n) is 8.65. The molecule has 0 radical (unpaired) electrons. The van der Waals surface area contributed by atoms with Crippen LogP contribution in [0.25, 0.3) is 22.4 Å². The lowest BCUT2D eigenvalue weighted by molar-refractivity contribution is 0.0490. The second-order valence-corrected chi connectivity index (χ2v) is 11.8. The highest BCUT2D eigenvalue weighted by atomic mass is 16.5.